The van der Waals surface area contributed by atoms with Gasteiger partial charge in [-0.2, -0.15) is 15.1 Å². The molecule has 0 aliphatic carbocycles. The van der Waals surface area contributed by atoms with Crippen LogP contribution in [0.1, 0.15) is 37.3 Å². The number of amidine groups is 2. The van der Waals surface area contributed by atoms with Crippen molar-refractivity contribution in [2.45, 2.75) is 26.2 Å². The van der Waals surface area contributed by atoms with Crippen LogP contribution >= 0.6 is 23.4 Å². The van der Waals surface area contributed by atoms with Crippen molar-refractivity contribution in [2.24, 2.45) is 10.1 Å². The maximum atomic E-state index is 12.3. The van der Waals surface area contributed by atoms with Gasteiger partial charge < -0.3 is 9.47 Å². The summed E-state index contributed by atoms with van der Waals surface area (Å²) in [4.78, 5) is 16.3. The monoisotopic (exact) mass is 482 g/mol. The average Bonchev–Trinajstić information content (AvgIpc) is 3.29. The number of hydrogen-bond acceptors (Lipinski definition) is 6. The molecule has 0 bridgehead atoms. The van der Waals surface area contributed by atoms with Gasteiger partial charge in [0, 0.05) is 0 Å². The molecule has 2 aromatic carbocycles. The first-order valence-corrected chi connectivity index (χ1v) is 11.8. The number of benzene rings is 2. The number of fused-ring (bicyclic) bond motifs is 1. The van der Waals surface area contributed by atoms with E-state index in [4.69, 9.17) is 26.5 Å². The third-order valence-electron chi connectivity index (χ3n) is 5.33. The highest BCUT2D eigenvalue weighted by Gasteiger charge is 2.32. The van der Waals surface area contributed by atoms with Gasteiger partial charge in [-0.3, -0.25) is 10.2 Å². The molecule has 4 rings (SSSR count). The Bertz CT molecular complexity index is 1160. The molecular weight excluding hydrogens is 460 g/mol. The van der Waals surface area contributed by atoms with Crippen molar-refractivity contribution in [3.8, 4) is 11.5 Å². The molecule has 0 radical (unpaired) electrons. The fourth-order valence-electron chi connectivity index (χ4n) is 3.27. The van der Waals surface area contributed by atoms with Crippen LogP contribution < -0.4 is 9.47 Å². The SMILES string of the molecule is CCC(C)c1ccc(OCCOc2ccc(/C=C3\C(=N)N4N=CSC4=NC3=O)cc2Cl)cc1. The predicted molar refractivity (Wildman–Crippen MR) is 134 cm³/mol. The molecule has 170 valence electrons. The number of thioether (sulfide) groups is 1. The molecule has 1 N–H and O–H groups in total. The Morgan fingerprint density at radius 1 is 1.18 bits per heavy atom. The molecule has 1 unspecified atom stereocenters. The van der Waals surface area contributed by atoms with Crippen molar-refractivity contribution < 1.29 is 14.3 Å². The predicted octanol–water partition coefficient (Wildman–Crippen LogP) is 5.56. The van der Waals surface area contributed by atoms with E-state index < -0.39 is 5.91 Å². The first-order valence-electron chi connectivity index (χ1n) is 10.5. The molecular formula is C24H23ClN4O3S. The summed E-state index contributed by atoms with van der Waals surface area (Å²) in [6, 6.07) is 13.3. The molecule has 1 atom stereocenters. The first-order chi connectivity index (χ1) is 16.0. The second kappa shape index (κ2) is 10.2. The molecule has 2 aliphatic rings. The average molecular weight is 483 g/mol. The smallest absolute Gasteiger partial charge is 0.283 e. The van der Waals surface area contributed by atoms with Gasteiger partial charge in [0.1, 0.15) is 24.7 Å². The summed E-state index contributed by atoms with van der Waals surface area (Å²) >= 11 is 7.57. The van der Waals surface area contributed by atoms with Gasteiger partial charge in [-0.05, 0) is 65.6 Å². The molecule has 2 heterocycles. The lowest BCUT2D eigenvalue weighted by atomic mass is 9.99. The minimum Gasteiger partial charge on any atom is -0.490 e. The molecule has 2 aromatic rings. The lowest BCUT2D eigenvalue weighted by Gasteiger charge is -2.20. The zero-order valence-electron chi connectivity index (χ0n) is 18.2. The van der Waals surface area contributed by atoms with Gasteiger partial charge in [-0.1, -0.05) is 43.6 Å². The van der Waals surface area contributed by atoms with Gasteiger partial charge >= 0.3 is 0 Å². The van der Waals surface area contributed by atoms with Crippen molar-refractivity contribution in [1.82, 2.24) is 5.01 Å². The summed E-state index contributed by atoms with van der Waals surface area (Å²) in [6.45, 7) is 5.09. The molecule has 0 saturated heterocycles. The summed E-state index contributed by atoms with van der Waals surface area (Å²) < 4.78 is 11.5. The van der Waals surface area contributed by atoms with Crippen molar-refractivity contribution in [1.29, 1.82) is 5.41 Å². The van der Waals surface area contributed by atoms with Crippen LogP contribution in [0.25, 0.3) is 6.08 Å². The van der Waals surface area contributed by atoms with Crippen LogP contribution in [0.3, 0.4) is 0 Å². The molecule has 2 aliphatic heterocycles. The van der Waals surface area contributed by atoms with Crippen molar-refractivity contribution in [3.05, 3.63) is 64.2 Å². The van der Waals surface area contributed by atoms with Gasteiger partial charge in [-0.25, -0.2) is 0 Å². The van der Waals surface area contributed by atoms with E-state index in [1.165, 1.54) is 27.9 Å². The number of hydrogen-bond donors (Lipinski definition) is 1. The fraction of sp³-hybridized carbons (Fsp3) is 0.250. The molecule has 0 saturated carbocycles. The largest absolute Gasteiger partial charge is 0.490 e. The van der Waals surface area contributed by atoms with Crippen LogP contribution in [0.5, 0.6) is 11.5 Å². The molecule has 9 heteroatoms. The molecule has 0 spiro atoms. The first kappa shape index (κ1) is 23.1. The van der Waals surface area contributed by atoms with Crippen LogP contribution in [0.15, 0.2) is 58.1 Å². The van der Waals surface area contributed by atoms with Crippen LogP contribution in [0.4, 0.5) is 0 Å². The number of ether oxygens (including phenoxy) is 2. The fourth-order valence-corrected chi connectivity index (χ4v) is 4.12. The Morgan fingerprint density at radius 2 is 1.94 bits per heavy atom. The number of rotatable bonds is 8. The Morgan fingerprint density at radius 3 is 2.67 bits per heavy atom. The van der Waals surface area contributed by atoms with Crippen molar-refractivity contribution in [3.63, 3.8) is 0 Å². The lowest BCUT2D eigenvalue weighted by Crippen LogP contribution is -2.35. The van der Waals surface area contributed by atoms with Gasteiger partial charge in [0.05, 0.1) is 16.1 Å². The van der Waals surface area contributed by atoms with E-state index in [-0.39, 0.29) is 11.4 Å². The number of amides is 1. The number of hydrazone groups is 1. The Hall–Kier alpha value is -3.10. The summed E-state index contributed by atoms with van der Waals surface area (Å²) in [7, 11) is 0. The van der Waals surface area contributed by atoms with Crippen molar-refractivity contribution in [2.75, 3.05) is 13.2 Å². The van der Waals surface area contributed by atoms with Crippen molar-refractivity contribution >= 4 is 51.9 Å². The lowest BCUT2D eigenvalue weighted by molar-refractivity contribution is -0.114. The van der Waals surface area contributed by atoms with Crippen LogP contribution in [0, 0.1) is 5.41 Å². The second-order valence-corrected chi connectivity index (χ2v) is 8.74. The normalized spacial score (nSPS) is 17.2. The molecule has 0 aromatic heterocycles. The summed E-state index contributed by atoms with van der Waals surface area (Å²) in [5, 5.41) is 14.4. The van der Waals surface area contributed by atoms with E-state index in [1.807, 2.05) is 12.1 Å². The number of nitrogens with zero attached hydrogens (tertiary/aromatic N) is 3. The Kier molecular flexibility index (Phi) is 7.15. The molecule has 7 nitrogen and oxygen atoms in total. The Labute approximate surface area is 201 Å². The van der Waals surface area contributed by atoms with E-state index >= 15 is 0 Å². The molecule has 1 amide bonds. The van der Waals surface area contributed by atoms with E-state index in [2.05, 4.69) is 36.1 Å². The molecule has 0 fully saturated rings. The Balaban J connectivity index is 1.33. The van der Waals surface area contributed by atoms with Gasteiger partial charge in [0.25, 0.3) is 5.91 Å². The standard InChI is InChI=1S/C24H23ClN4O3S/c1-3-15(2)17-5-7-18(8-6-17)31-10-11-32-21-9-4-16(13-20(21)25)12-19-22(26)29-24(28-23(19)30)33-14-27-29/h4-9,12-15,26H,3,10-11H2,1-2H3/b19-12+,26-22?. The maximum absolute atomic E-state index is 12.3. The number of halogens is 1. The second-order valence-electron chi connectivity index (χ2n) is 7.52. The number of nitrogens with one attached hydrogen (secondary N) is 1. The minimum atomic E-state index is -0.477. The highest BCUT2D eigenvalue weighted by Crippen LogP contribution is 2.29. The van der Waals surface area contributed by atoms with E-state index in [0.717, 1.165) is 12.2 Å². The zero-order chi connectivity index (χ0) is 23.4. The zero-order valence-corrected chi connectivity index (χ0v) is 19.8. The quantitative estimate of drug-likeness (QED) is 0.393. The molecule has 33 heavy (non-hydrogen) atoms. The van der Waals surface area contributed by atoms with E-state index in [9.17, 15) is 4.79 Å². The number of aliphatic imine (C=N–C) groups is 1. The van der Waals surface area contributed by atoms with Crippen LogP contribution in [-0.4, -0.2) is 40.7 Å². The number of carbonyl (C=O) groups is 1. The highest BCUT2D eigenvalue weighted by atomic mass is 35.5. The van der Waals surface area contributed by atoms with Crippen LogP contribution in [-0.2, 0) is 4.79 Å². The van der Waals surface area contributed by atoms with Gasteiger partial charge in [0.2, 0.25) is 0 Å². The minimum absolute atomic E-state index is 0.0166. The van der Waals surface area contributed by atoms with E-state index in [0.29, 0.717) is 40.6 Å². The van der Waals surface area contributed by atoms with Crippen LogP contribution in [0.2, 0.25) is 5.02 Å². The summed E-state index contributed by atoms with van der Waals surface area (Å²) in [6.07, 6.45) is 2.68. The van der Waals surface area contributed by atoms with Gasteiger partial charge in [-0.15, -0.1) is 0 Å². The summed E-state index contributed by atoms with van der Waals surface area (Å²) in [5.41, 5.74) is 3.65. The third kappa shape index (κ3) is 5.29. The highest BCUT2D eigenvalue weighted by molar-refractivity contribution is 8.25. The van der Waals surface area contributed by atoms with Gasteiger partial charge in [0.15, 0.2) is 11.0 Å². The maximum Gasteiger partial charge on any atom is 0.283 e. The topological polar surface area (TPSA) is 87.3 Å². The third-order valence-corrected chi connectivity index (χ3v) is 6.30. The summed E-state index contributed by atoms with van der Waals surface area (Å²) in [5.74, 6) is 1.35. The van der Waals surface area contributed by atoms with E-state index in [1.54, 1.807) is 24.3 Å². The number of carbonyl (C=O) groups excluding carboxylic acids is 1.